The lowest BCUT2D eigenvalue weighted by Gasteiger charge is -2.13. The molecule has 0 aliphatic rings. The van der Waals surface area contributed by atoms with Gasteiger partial charge in [-0.05, 0) is 50.6 Å². The van der Waals surface area contributed by atoms with Crippen molar-refractivity contribution in [2.45, 2.75) is 43.6 Å². The summed E-state index contributed by atoms with van der Waals surface area (Å²) in [6.45, 7) is 6.45. The zero-order valence-corrected chi connectivity index (χ0v) is 14.6. The van der Waals surface area contributed by atoms with Crippen molar-refractivity contribution in [2.24, 2.45) is 0 Å². The summed E-state index contributed by atoms with van der Waals surface area (Å²) in [5, 5.41) is 2.85. The predicted molar refractivity (Wildman–Crippen MR) is 95.8 cm³/mol. The maximum absolute atomic E-state index is 12.2. The van der Waals surface area contributed by atoms with Gasteiger partial charge in [-0.15, -0.1) is 11.8 Å². The highest BCUT2D eigenvalue weighted by molar-refractivity contribution is 8.00. The van der Waals surface area contributed by atoms with Crippen molar-refractivity contribution >= 4 is 17.7 Å². The minimum Gasteiger partial charge on any atom is -0.491 e. The molecule has 0 aliphatic carbocycles. The quantitative estimate of drug-likeness (QED) is 0.771. The largest absolute Gasteiger partial charge is 0.491 e. The molecule has 0 spiro atoms. The van der Waals surface area contributed by atoms with Crippen molar-refractivity contribution in [1.29, 1.82) is 0 Å². The van der Waals surface area contributed by atoms with Gasteiger partial charge in [0.1, 0.15) is 5.75 Å². The van der Waals surface area contributed by atoms with Gasteiger partial charge in [-0.25, -0.2) is 0 Å². The summed E-state index contributed by atoms with van der Waals surface area (Å²) in [7, 11) is 0. The lowest BCUT2D eigenvalue weighted by molar-refractivity contribution is -0.120. The predicted octanol–water partition coefficient (Wildman–Crippen LogP) is 4.27. The van der Waals surface area contributed by atoms with E-state index in [1.54, 1.807) is 11.8 Å². The summed E-state index contributed by atoms with van der Waals surface area (Å²) in [5.41, 5.74) is 1.06. The average Bonchev–Trinajstić information content (AvgIpc) is 2.54. The highest BCUT2D eigenvalue weighted by atomic mass is 32.2. The Morgan fingerprint density at radius 3 is 2.30 bits per heavy atom. The van der Waals surface area contributed by atoms with Gasteiger partial charge in [0.05, 0.1) is 11.4 Å². The van der Waals surface area contributed by atoms with Crippen LogP contribution in [0.5, 0.6) is 5.75 Å². The number of hydrogen-bond acceptors (Lipinski definition) is 3. The van der Waals surface area contributed by atoms with Crippen molar-refractivity contribution in [3.8, 4) is 5.75 Å². The van der Waals surface area contributed by atoms with E-state index in [0.29, 0.717) is 6.54 Å². The van der Waals surface area contributed by atoms with Gasteiger partial charge in [-0.2, -0.15) is 0 Å². The first-order valence-electron chi connectivity index (χ1n) is 7.79. The molecule has 0 heterocycles. The molecule has 1 atom stereocenters. The number of carbonyl (C=O) groups excluding carboxylic acids is 1. The van der Waals surface area contributed by atoms with Crippen LogP contribution in [0.15, 0.2) is 59.5 Å². The van der Waals surface area contributed by atoms with E-state index in [1.165, 1.54) is 0 Å². The first-order valence-corrected chi connectivity index (χ1v) is 8.67. The fourth-order valence-corrected chi connectivity index (χ4v) is 2.96. The van der Waals surface area contributed by atoms with Crippen LogP contribution < -0.4 is 10.1 Å². The lowest BCUT2D eigenvalue weighted by atomic mass is 10.2. The van der Waals surface area contributed by atoms with Gasteiger partial charge in [-0.1, -0.05) is 30.3 Å². The molecule has 122 valence electrons. The molecule has 0 saturated heterocycles. The molecule has 23 heavy (non-hydrogen) atoms. The van der Waals surface area contributed by atoms with Gasteiger partial charge in [0.15, 0.2) is 0 Å². The first-order chi connectivity index (χ1) is 11.0. The highest BCUT2D eigenvalue weighted by Gasteiger charge is 2.13. The molecule has 2 rings (SSSR count). The van der Waals surface area contributed by atoms with Gasteiger partial charge in [0.2, 0.25) is 5.91 Å². The fraction of sp³-hybridized carbons (Fsp3) is 0.316. The molecule has 0 radical (unpaired) electrons. The van der Waals surface area contributed by atoms with E-state index in [9.17, 15) is 4.79 Å². The molecule has 1 N–H and O–H groups in total. The highest BCUT2D eigenvalue weighted by Crippen LogP contribution is 2.22. The molecule has 4 heteroatoms. The lowest BCUT2D eigenvalue weighted by Crippen LogP contribution is -2.30. The first kappa shape index (κ1) is 17.4. The van der Waals surface area contributed by atoms with Gasteiger partial charge in [0.25, 0.3) is 0 Å². The summed E-state index contributed by atoms with van der Waals surface area (Å²) in [6, 6.07) is 17.8. The molecule has 0 bridgehead atoms. The van der Waals surface area contributed by atoms with E-state index in [1.807, 2.05) is 75.4 Å². The molecule has 2 aromatic rings. The monoisotopic (exact) mass is 329 g/mol. The smallest absolute Gasteiger partial charge is 0.233 e. The number of carbonyl (C=O) groups is 1. The minimum absolute atomic E-state index is 0.0429. The van der Waals surface area contributed by atoms with Crippen LogP contribution >= 0.6 is 11.8 Å². The third-order valence-electron chi connectivity index (χ3n) is 3.19. The summed E-state index contributed by atoms with van der Waals surface area (Å²) in [6.07, 6.45) is 0.163. The van der Waals surface area contributed by atoms with Gasteiger partial charge in [0, 0.05) is 11.4 Å². The van der Waals surface area contributed by atoms with Gasteiger partial charge >= 0.3 is 0 Å². The number of rotatable bonds is 7. The maximum Gasteiger partial charge on any atom is 0.233 e. The van der Waals surface area contributed by atoms with E-state index in [4.69, 9.17) is 4.74 Å². The van der Waals surface area contributed by atoms with Crippen LogP contribution in [0, 0.1) is 0 Å². The molecule has 1 amide bonds. The second-order valence-electron chi connectivity index (χ2n) is 5.60. The van der Waals surface area contributed by atoms with Gasteiger partial charge in [-0.3, -0.25) is 4.79 Å². The van der Waals surface area contributed by atoms with Crippen LogP contribution in [-0.4, -0.2) is 17.3 Å². The number of thioether (sulfide) groups is 1. The molecule has 0 saturated carbocycles. The number of amides is 1. The molecule has 0 aliphatic heterocycles. The Morgan fingerprint density at radius 2 is 1.70 bits per heavy atom. The van der Waals surface area contributed by atoms with E-state index in [-0.39, 0.29) is 17.3 Å². The van der Waals surface area contributed by atoms with Crippen LogP contribution in [0.1, 0.15) is 26.3 Å². The van der Waals surface area contributed by atoms with Crippen molar-refractivity contribution in [3.05, 3.63) is 60.2 Å². The Balaban J connectivity index is 1.81. The summed E-state index contributed by atoms with van der Waals surface area (Å²) < 4.78 is 5.61. The molecule has 0 aromatic heterocycles. The zero-order valence-electron chi connectivity index (χ0n) is 13.8. The third kappa shape index (κ3) is 5.99. The van der Waals surface area contributed by atoms with Crippen molar-refractivity contribution in [1.82, 2.24) is 5.32 Å². The Bertz CT molecular complexity index is 611. The Hall–Kier alpha value is -1.94. The van der Waals surface area contributed by atoms with Crippen LogP contribution in [0.25, 0.3) is 0 Å². The molecule has 0 unspecified atom stereocenters. The Morgan fingerprint density at radius 1 is 1.04 bits per heavy atom. The zero-order chi connectivity index (χ0) is 16.7. The number of benzene rings is 2. The number of hydrogen-bond donors (Lipinski definition) is 1. The number of ether oxygens (including phenoxy) is 1. The topological polar surface area (TPSA) is 38.3 Å². The molecule has 3 nitrogen and oxygen atoms in total. The van der Waals surface area contributed by atoms with Crippen LogP contribution in [-0.2, 0) is 11.3 Å². The van der Waals surface area contributed by atoms with E-state index < -0.39 is 0 Å². The van der Waals surface area contributed by atoms with E-state index in [0.717, 1.165) is 16.2 Å². The Labute approximate surface area is 142 Å². The van der Waals surface area contributed by atoms with Crippen LogP contribution in [0.4, 0.5) is 0 Å². The number of nitrogens with one attached hydrogen (secondary N) is 1. The van der Waals surface area contributed by atoms with Crippen LogP contribution in [0.2, 0.25) is 0 Å². The normalized spacial score (nSPS) is 12.0. The van der Waals surface area contributed by atoms with Crippen molar-refractivity contribution < 1.29 is 9.53 Å². The van der Waals surface area contributed by atoms with Crippen molar-refractivity contribution in [2.75, 3.05) is 0 Å². The second-order valence-corrected chi connectivity index (χ2v) is 7.02. The fourth-order valence-electron chi connectivity index (χ4n) is 2.05. The van der Waals surface area contributed by atoms with Crippen LogP contribution in [0.3, 0.4) is 0 Å². The third-order valence-corrected chi connectivity index (χ3v) is 4.30. The van der Waals surface area contributed by atoms with Gasteiger partial charge < -0.3 is 10.1 Å². The summed E-state index contributed by atoms with van der Waals surface area (Å²) in [5.74, 6) is 0.893. The average molecular weight is 329 g/mol. The minimum atomic E-state index is -0.124. The summed E-state index contributed by atoms with van der Waals surface area (Å²) in [4.78, 5) is 13.3. The Kier molecular flexibility index (Phi) is 6.53. The van der Waals surface area contributed by atoms with E-state index in [2.05, 4.69) is 5.32 Å². The molecule has 0 fully saturated rings. The standard InChI is InChI=1S/C19H23NO2S/c1-14(2)22-17-11-9-16(10-12-17)13-20-19(21)15(3)23-18-7-5-4-6-8-18/h4-12,14-15H,13H2,1-3H3,(H,20,21)/t15-/m1/s1. The summed E-state index contributed by atoms with van der Waals surface area (Å²) >= 11 is 1.56. The van der Waals surface area contributed by atoms with Crippen molar-refractivity contribution in [3.63, 3.8) is 0 Å². The molecular weight excluding hydrogens is 306 g/mol. The maximum atomic E-state index is 12.2. The second kappa shape index (κ2) is 8.63. The molecule has 2 aromatic carbocycles. The molecular formula is C19H23NO2S. The van der Waals surface area contributed by atoms with E-state index >= 15 is 0 Å². The SMILES string of the molecule is CC(C)Oc1ccc(CNC(=O)[C@@H](C)Sc2ccccc2)cc1.